The predicted molar refractivity (Wildman–Crippen MR) is 133 cm³/mol. The molecule has 8 nitrogen and oxygen atoms in total. The summed E-state index contributed by atoms with van der Waals surface area (Å²) in [5.41, 5.74) is -2.89. The maximum absolute atomic E-state index is 13.2. The molecule has 1 saturated heterocycles. The number of alkyl halides is 3. The van der Waals surface area contributed by atoms with E-state index in [2.05, 4.69) is 4.72 Å². The fraction of sp³-hybridized carbons (Fsp3) is 0.545. The zero-order valence-electron chi connectivity index (χ0n) is 20.1. The Balaban J connectivity index is 1.88. The molecule has 36 heavy (non-hydrogen) atoms. The first-order valence-electron chi connectivity index (χ1n) is 11.2. The van der Waals surface area contributed by atoms with E-state index < -0.39 is 37.9 Å². The summed E-state index contributed by atoms with van der Waals surface area (Å²) in [7, 11) is -7.41. The Kier molecular flexibility index (Phi) is 8.48. The Morgan fingerprint density at radius 1 is 1.11 bits per heavy atom. The van der Waals surface area contributed by atoms with E-state index in [9.17, 15) is 35.1 Å². The first-order valence-corrected chi connectivity index (χ1v) is 15.2. The van der Waals surface area contributed by atoms with Crippen molar-refractivity contribution in [2.45, 2.75) is 42.8 Å². The van der Waals surface area contributed by atoms with Crippen LogP contribution in [0.15, 0.2) is 46.0 Å². The zero-order valence-corrected chi connectivity index (χ0v) is 22.5. The first-order chi connectivity index (χ1) is 16.5. The predicted octanol–water partition coefficient (Wildman–Crippen LogP) is 2.97. The Morgan fingerprint density at radius 3 is 2.28 bits per heavy atom. The van der Waals surface area contributed by atoms with E-state index in [1.807, 2.05) is 0 Å². The number of benzene rings is 1. The highest BCUT2D eigenvalue weighted by Crippen LogP contribution is 2.39. The topological polar surface area (TPSA) is 107 Å². The van der Waals surface area contributed by atoms with Crippen molar-refractivity contribution in [2.24, 2.45) is 5.92 Å². The summed E-state index contributed by atoms with van der Waals surface area (Å²) in [5.74, 6) is -0.215. The van der Waals surface area contributed by atoms with Crippen LogP contribution in [0.3, 0.4) is 0 Å². The summed E-state index contributed by atoms with van der Waals surface area (Å²) in [5, 5.41) is 11.6. The molecule has 1 aliphatic heterocycles. The van der Waals surface area contributed by atoms with E-state index in [-0.39, 0.29) is 47.6 Å². The highest BCUT2D eigenvalue weighted by molar-refractivity contribution is 7.91. The van der Waals surface area contributed by atoms with Gasteiger partial charge in [0.05, 0.1) is 11.8 Å². The van der Waals surface area contributed by atoms with Crippen LogP contribution in [0, 0.1) is 5.92 Å². The van der Waals surface area contributed by atoms with Crippen molar-refractivity contribution in [3.05, 3.63) is 47.3 Å². The number of nitrogens with one attached hydrogen (secondary N) is 1. The van der Waals surface area contributed by atoms with E-state index in [0.717, 1.165) is 23.5 Å². The Labute approximate surface area is 213 Å². The van der Waals surface area contributed by atoms with Crippen molar-refractivity contribution >= 4 is 37.1 Å². The number of sulfonamides is 2. The van der Waals surface area contributed by atoms with E-state index in [1.165, 1.54) is 22.5 Å². The third-order valence-electron chi connectivity index (χ3n) is 5.94. The lowest BCUT2D eigenvalue weighted by molar-refractivity contribution is -0.258. The lowest BCUT2D eigenvalue weighted by Gasteiger charge is -2.42. The number of rotatable bonds is 9. The number of hydrogen-bond donors (Lipinski definition) is 2. The van der Waals surface area contributed by atoms with Crippen LogP contribution < -0.4 is 9.62 Å². The van der Waals surface area contributed by atoms with Crippen molar-refractivity contribution in [1.29, 1.82) is 0 Å². The molecule has 1 fully saturated rings. The number of anilines is 1. The van der Waals surface area contributed by atoms with Gasteiger partial charge in [0, 0.05) is 31.9 Å². The first kappa shape index (κ1) is 28.9. The summed E-state index contributed by atoms with van der Waals surface area (Å²) >= 11 is 1.08. The lowest BCUT2D eigenvalue weighted by atomic mass is 9.95. The summed E-state index contributed by atoms with van der Waals surface area (Å²) in [6.07, 6.45) is -4.87. The molecule has 0 unspecified atom stereocenters. The van der Waals surface area contributed by atoms with Crippen LogP contribution in [0.2, 0.25) is 0 Å². The van der Waals surface area contributed by atoms with Crippen molar-refractivity contribution in [3.8, 4) is 0 Å². The summed E-state index contributed by atoms with van der Waals surface area (Å²) in [6.45, 7) is 4.38. The Hall–Kier alpha value is -1.71. The third-order valence-corrected chi connectivity index (χ3v) is 10.9. The standard InChI is InChI=1S/C22H30F3N3O5S3/c1-16(2)15-35(30,31)26-13-19-14-27(36(32,33)20-5-4-12-34-20)10-11-28(19)18-8-6-17(7-9-18)21(3,29)22(23,24)25/h4-9,12,16,19,26,29H,10-11,13-15H2,1-3H3/t19-,21+/m1/s1. The summed E-state index contributed by atoms with van der Waals surface area (Å²) < 4.78 is 94.7. The molecule has 0 radical (unpaired) electrons. The molecule has 0 bridgehead atoms. The van der Waals surface area contributed by atoms with Crippen LogP contribution >= 0.6 is 11.3 Å². The number of thiophene rings is 1. The average Bonchev–Trinajstić information content (AvgIpc) is 3.32. The monoisotopic (exact) mass is 569 g/mol. The van der Waals surface area contributed by atoms with Crippen LogP contribution in [-0.2, 0) is 25.6 Å². The van der Waals surface area contributed by atoms with E-state index in [1.54, 1.807) is 30.2 Å². The van der Waals surface area contributed by atoms with E-state index in [0.29, 0.717) is 12.6 Å². The van der Waals surface area contributed by atoms with Gasteiger partial charge < -0.3 is 10.0 Å². The van der Waals surface area contributed by atoms with Crippen LogP contribution in [-0.4, -0.2) is 70.4 Å². The minimum Gasteiger partial charge on any atom is -0.376 e. The SMILES string of the molecule is CC(C)CS(=O)(=O)NC[C@@H]1CN(S(=O)(=O)c2cccs2)CCN1c1ccc([C@](C)(O)C(F)(F)F)cc1. The quantitative estimate of drug-likeness (QED) is 0.481. The molecular weight excluding hydrogens is 539 g/mol. The van der Waals surface area contributed by atoms with Crippen LogP contribution in [0.4, 0.5) is 18.9 Å². The van der Waals surface area contributed by atoms with Gasteiger partial charge >= 0.3 is 6.18 Å². The maximum Gasteiger partial charge on any atom is 0.421 e. The number of halogens is 3. The molecule has 2 aromatic rings. The normalized spacial score (nSPS) is 20.0. The molecule has 1 aromatic carbocycles. The third kappa shape index (κ3) is 6.40. The largest absolute Gasteiger partial charge is 0.421 e. The molecule has 14 heteroatoms. The molecule has 0 spiro atoms. The second-order valence-corrected chi connectivity index (χ2v) is 14.2. The fourth-order valence-corrected chi connectivity index (χ4v) is 8.01. The number of aliphatic hydroxyl groups is 1. The number of piperazine rings is 1. The van der Waals surface area contributed by atoms with Crippen molar-refractivity contribution < 1.29 is 35.1 Å². The average molecular weight is 570 g/mol. The molecule has 2 N–H and O–H groups in total. The molecule has 202 valence electrons. The lowest BCUT2D eigenvalue weighted by Crippen LogP contribution is -2.58. The van der Waals surface area contributed by atoms with Crippen LogP contribution in [0.25, 0.3) is 0 Å². The minimum atomic E-state index is -4.87. The molecule has 1 aliphatic rings. The Morgan fingerprint density at radius 2 is 1.75 bits per heavy atom. The molecule has 1 aromatic heterocycles. The van der Waals surface area contributed by atoms with Gasteiger partial charge in [-0.25, -0.2) is 21.6 Å². The highest BCUT2D eigenvalue weighted by Gasteiger charge is 2.51. The summed E-state index contributed by atoms with van der Waals surface area (Å²) in [6, 6.07) is 7.66. The van der Waals surface area contributed by atoms with Gasteiger partial charge in [0.2, 0.25) is 10.0 Å². The number of hydrogen-bond acceptors (Lipinski definition) is 7. The van der Waals surface area contributed by atoms with Crippen LogP contribution in [0.5, 0.6) is 0 Å². The Bertz CT molecular complexity index is 1230. The molecule has 0 amide bonds. The van der Waals surface area contributed by atoms with Gasteiger partial charge in [-0.1, -0.05) is 32.0 Å². The van der Waals surface area contributed by atoms with Gasteiger partial charge in [-0.05, 0) is 42.0 Å². The fourth-order valence-electron chi connectivity index (χ4n) is 3.96. The van der Waals surface area contributed by atoms with Crippen molar-refractivity contribution in [1.82, 2.24) is 9.03 Å². The van der Waals surface area contributed by atoms with Gasteiger partial charge in [-0.3, -0.25) is 0 Å². The van der Waals surface area contributed by atoms with E-state index in [4.69, 9.17) is 0 Å². The second kappa shape index (κ2) is 10.6. The maximum atomic E-state index is 13.2. The van der Waals surface area contributed by atoms with Gasteiger partial charge in [0.1, 0.15) is 4.21 Å². The van der Waals surface area contributed by atoms with Gasteiger partial charge in [0.25, 0.3) is 10.0 Å². The second-order valence-electron chi connectivity index (χ2n) is 9.28. The molecule has 0 saturated carbocycles. The van der Waals surface area contributed by atoms with E-state index >= 15 is 0 Å². The van der Waals surface area contributed by atoms with Crippen LogP contribution in [0.1, 0.15) is 26.3 Å². The molecule has 3 rings (SSSR count). The molecular formula is C22H30F3N3O5S3. The van der Waals surface area contributed by atoms with Crippen molar-refractivity contribution in [3.63, 3.8) is 0 Å². The highest BCUT2D eigenvalue weighted by atomic mass is 32.2. The van der Waals surface area contributed by atoms with Crippen molar-refractivity contribution in [2.75, 3.05) is 36.8 Å². The minimum absolute atomic E-state index is 0.0214. The molecule has 2 heterocycles. The molecule has 2 atom stereocenters. The smallest absolute Gasteiger partial charge is 0.376 e. The van der Waals surface area contributed by atoms with Gasteiger partial charge in [-0.15, -0.1) is 11.3 Å². The molecule has 0 aliphatic carbocycles. The van der Waals surface area contributed by atoms with Gasteiger partial charge in [-0.2, -0.15) is 17.5 Å². The number of nitrogens with zero attached hydrogens (tertiary/aromatic N) is 2. The zero-order chi connectivity index (χ0) is 26.9. The van der Waals surface area contributed by atoms with Gasteiger partial charge in [0.15, 0.2) is 5.60 Å². The summed E-state index contributed by atoms with van der Waals surface area (Å²) in [4.78, 5) is 1.77.